The Labute approximate surface area is 349 Å². The van der Waals surface area contributed by atoms with E-state index in [4.69, 9.17) is 9.05 Å². The van der Waals surface area contributed by atoms with Gasteiger partial charge in [-0.25, -0.2) is 4.57 Å². The number of carbonyl (C=O) groups excluding carboxylic acids is 1. The highest BCUT2D eigenvalue weighted by Gasteiger charge is 2.51. The minimum atomic E-state index is -5.15. The van der Waals surface area contributed by atoms with Crippen LogP contribution in [0.15, 0.2) is 36.5 Å². The van der Waals surface area contributed by atoms with Gasteiger partial charge in [-0.05, 0) is 57.8 Å². The summed E-state index contributed by atoms with van der Waals surface area (Å²) in [6, 6.07) is -1.26. The minimum Gasteiger partial charge on any atom is -0.393 e. The van der Waals surface area contributed by atoms with Crippen molar-refractivity contribution in [2.24, 2.45) is 0 Å². The van der Waals surface area contributed by atoms with Gasteiger partial charge in [0.05, 0.1) is 31.3 Å². The highest BCUT2D eigenvalue weighted by atomic mass is 31.2. The van der Waals surface area contributed by atoms with Gasteiger partial charge in [0, 0.05) is 0 Å². The molecule has 1 rings (SSSR count). The number of hydrogen-bond acceptors (Lipinski definition) is 11. The zero-order chi connectivity index (χ0) is 43.0. The summed E-state index contributed by atoms with van der Waals surface area (Å²) in [5.41, 5.74) is 0. The number of aliphatic hydroxyl groups is 7. The SMILES string of the molecule is CCCCCCCCC/C=C\CCCCCC(O)CC(=O)NC(COP(=O)(O)OC1C(O)C(O)C(O)C(O)C1O)C(O)/C=C/CC/C=C/CCCCCCCCCC. The number of hydrogen-bond donors (Lipinski definition) is 9. The predicted octanol–water partition coefficient (Wildman–Crippen LogP) is 6.97. The molecule has 1 fully saturated rings. The fourth-order valence-corrected chi connectivity index (χ4v) is 7.92. The molecule has 1 aliphatic carbocycles. The fourth-order valence-electron chi connectivity index (χ4n) is 6.96. The molecular weight excluding hydrogens is 765 g/mol. The first-order valence-corrected chi connectivity index (χ1v) is 24.0. The monoisotopic (exact) mass is 848 g/mol. The molecule has 0 bridgehead atoms. The van der Waals surface area contributed by atoms with Crippen LogP contribution in [0, 0.1) is 0 Å². The Morgan fingerprint density at radius 1 is 0.603 bits per heavy atom. The standard InChI is InChI=1S/C44H82NO12P/c1-3-5-7-9-11-13-15-17-19-21-23-25-27-29-31-35(46)33-38(48)45-36(34-56-58(54,55)57-44-42(52)40(50)39(49)41(51)43(44)53)37(47)32-30-28-26-24-22-20-18-16-14-12-10-8-6-4-2/h19,21-22,24,30,32,35-37,39-44,46-47,49-53H,3-18,20,23,25-29,31,33-34H2,1-2H3,(H,45,48)(H,54,55)/b21-19-,24-22+,32-30+. The third-order valence-corrected chi connectivity index (χ3v) is 11.7. The summed E-state index contributed by atoms with van der Waals surface area (Å²) in [7, 11) is -5.15. The second kappa shape index (κ2) is 34.1. The molecule has 340 valence electrons. The van der Waals surface area contributed by atoms with Crippen LogP contribution in [0.25, 0.3) is 0 Å². The molecule has 0 aromatic rings. The summed E-state index contributed by atoms with van der Waals surface area (Å²) in [5.74, 6) is -0.613. The predicted molar refractivity (Wildman–Crippen MR) is 229 cm³/mol. The Kier molecular flexibility index (Phi) is 32.1. The Bertz CT molecular complexity index is 1140. The van der Waals surface area contributed by atoms with Crippen LogP contribution in [-0.4, -0.2) is 108 Å². The van der Waals surface area contributed by atoms with E-state index in [0.717, 1.165) is 51.4 Å². The smallest absolute Gasteiger partial charge is 0.393 e. The molecule has 0 aromatic heterocycles. The molecule has 8 atom stereocenters. The average Bonchev–Trinajstić information content (AvgIpc) is 3.19. The number of phosphoric ester groups is 1. The van der Waals surface area contributed by atoms with E-state index in [1.165, 1.54) is 96.0 Å². The van der Waals surface area contributed by atoms with E-state index in [0.29, 0.717) is 12.8 Å². The van der Waals surface area contributed by atoms with E-state index in [1.807, 2.05) is 0 Å². The van der Waals surface area contributed by atoms with Gasteiger partial charge in [0.1, 0.15) is 36.6 Å². The summed E-state index contributed by atoms with van der Waals surface area (Å²) >= 11 is 0. The van der Waals surface area contributed by atoms with Crippen molar-refractivity contribution in [3.63, 3.8) is 0 Å². The van der Waals surface area contributed by atoms with Crippen LogP contribution >= 0.6 is 7.82 Å². The van der Waals surface area contributed by atoms with Crippen molar-refractivity contribution in [2.45, 2.75) is 229 Å². The lowest BCUT2D eigenvalue weighted by Crippen LogP contribution is -2.64. The zero-order valence-electron chi connectivity index (χ0n) is 35.7. The maximum atomic E-state index is 13.0. The van der Waals surface area contributed by atoms with E-state index >= 15 is 0 Å². The second-order valence-electron chi connectivity index (χ2n) is 16.1. The summed E-state index contributed by atoms with van der Waals surface area (Å²) in [5, 5.41) is 74.3. The number of allylic oxidation sites excluding steroid dienone is 5. The normalized spacial score (nSPS) is 24.1. The van der Waals surface area contributed by atoms with Gasteiger partial charge in [0.15, 0.2) is 0 Å². The molecule has 0 aliphatic heterocycles. The van der Waals surface area contributed by atoms with E-state index in [1.54, 1.807) is 6.08 Å². The highest BCUT2D eigenvalue weighted by molar-refractivity contribution is 7.47. The molecular formula is C44H82NO12P. The van der Waals surface area contributed by atoms with Crippen LogP contribution in [0.2, 0.25) is 0 Å². The largest absolute Gasteiger partial charge is 0.472 e. The Hall–Kier alpha value is -1.48. The number of unbranched alkanes of at least 4 members (excludes halogenated alkanes) is 19. The van der Waals surface area contributed by atoms with Crippen molar-refractivity contribution in [3.8, 4) is 0 Å². The van der Waals surface area contributed by atoms with Crippen LogP contribution in [0.3, 0.4) is 0 Å². The lowest BCUT2D eigenvalue weighted by molar-refractivity contribution is -0.220. The second-order valence-corrected chi connectivity index (χ2v) is 17.5. The molecule has 9 N–H and O–H groups in total. The van der Waals surface area contributed by atoms with Crippen molar-refractivity contribution >= 4 is 13.7 Å². The molecule has 1 amide bonds. The maximum absolute atomic E-state index is 13.0. The summed E-state index contributed by atoms with van der Waals surface area (Å²) < 4.78 is 22.8. The quantitative estimate of drug-likeness (QED) is 0.0177. The van der Waals surface area contributed by atoms with Crippen molar-refractivity contribution in [1.29, 1.82) is 0 Å². The lowest BCUT2D eigenvalue weighted by Gasteiger charge is -2.41. The molecule has 8 unspecified atom stereocenters. The van der Waals surface area contributed by atoms with Crippen molar-refractivity contribution in [3.05, 3.63) is 36.5 Å². The summed E-state index contributed by atoms with van der Waals surface area (Å²) in [6.45, 7) is 3.69. The topological polar surface area (TPSA) is 226 Å². The van der Waals surface area contributed by atoms with E-state index in [9.17, 15) is 50.0 Å². The number of rotatable bonds is 36. The molecule has 0 saturated heterocycles. The van der Waals surface area contributed by atoms with Gasteiger partial charge in [0.2, 0.25) is 5.91 Å². The van der Waals surface area contributed by atoms with Crippen LogP contribution in [0.4, 0.5) is 0 Å². The van der Waals surface area contributed by atoms with Crippen molar-refractivity contribution < 1.29 is 59.0 Å². The molecule has 13 nitrogen and oxygen atoms in total. The zero-order valence-corrected chi connectivity index (χ0v) is 36.6. The van der Waals surface area contributed by atoms with Gasteiger partial charge in [-0.2, -0.15) is 0 Å². The first-order valence-electron chi connectivity index (χ1n) is 22.5. The molecule has 14 heteroatoms. The summed E-state index contributed by atoms with van der Waals surface area (Å²) in [4.78, 5) is 23.4. The van der Waals surface area contributed by atoms with E-state index in [2.05, 4.69) is 43.5 Å². The van der Waals surface area contributed by atoms with Crippen molar-refractivity contribution in [2.75, 3.05) is 6.61 Å². The van der Waals surface area contributed by atoms with Crippen LogP contribution in [0.5, 0.6) is 0 Å². The summed E-state index contributed by atoms with van der Waals surface area (Å²) in [6.07, 6.45) is 23.8. The lowest BCUT2D eigenvalue weighted by atomic mass is 9.85. The number of phosphoric acid groups is 1. The first-order chi connectivity index (χ1) is 27.8. The van der Waals surface area contributed by atoms with Crippen LogP contribution < -0.4 is 5.32 Å². The molecule has 0 aromatic carbocycles. The minimum absolute atomic E-state index is 0.263. The fraction of sp³-hybridized carbons (Fsp3) is 0.841. The Balaban J connectivity index is 2.62. The Morgan fingerprint density at radius 3 is 1.52 bits per heavy atom. The average molecular weight is 848 g/mol. The third-order valence-electron chi connectivity index (χ3n) is 10.7. The molecule has 0 radical (unpaired) electrons. The number of aliphatic hydroxyl groups excluding tert-OH is 7. The highest BCUT2D eigenvalue weighted by Crippen LogP contribution is 2.47. The van der Waals surface area contributed by atoms with Gasteiger partial charge in [-0.3, -0.25) is 13.8 Å². The van der Waals surface area contributed by atoms with E-state index < -0.39 is 75.2 Å². The van der Waals surface area contributed by atoms with Crippen molar-refractivity contribution in [1.82, 2.24) is 5.32 Å². The molecule has 0 heterocycles. The van der Waals surface area contributed by atoms with Gasteiger partial charge in [-0.1, -0.05) is 147 Å². The first kappa shape index (κ1) is 54.5. The number of nitrogens with one attached hydrogen (secondary N) is 1. The molecule has 0 spiro atoms. The molecule has 1 aliphatic rings. The number of carbonyl (C=O) groups is 1. The van der Waals surface area contributed by atoms with Gasteiger partial charge in [0.25, 0.3) is 0 Å². The number of amides is 1. The van der Waals surface area contributed by atoms with Crippen LogP contribution in [0.1, 0.15) is 174 Å². The third kappa shape index (κ3) is 26.0. The van der Waals surface area contributed by atoms with Gasteiger partial charge < -0.3 is 46.0 Å². The molecule has 58 heavy (non-hydrogen) atoms. The molecule has 1 saturated carbocycles. The van der Waals surface area contributed by atoms with Gasteiger partial charge in [-0.15, -0.1) is 0 Å². The van der Waals surface area contributed by atoms with Gasteiger partial charge >= 0.3 is 7.82 Å². The van der Waals surface area contributed by atoms with Crippen LogP contribution in [-0.2, 0) is 18.4 Å². The van der Waals surface area contributed by atoms with E-state index in [-0.39, 0.29) is 6.42 Å². The Morgan fingerprint density at radius 2 is 1.02 bits per heavy atom. The maximum Gasteiger partial charge on any atom is 0.472 e.